The van der Waals surface area contributed by atoms with E-state index in [1.165, 1.54) is 0 Å². The molecule has 4 rings (SSSR count). The summed E-state index contributed by atoms with van der Waals surface area (Å²) in [7, 11) is 0. The van der Waals surface area contributed by atoms with Gasteiger partial charge in [-0.15, -0.1) is 11.8 Å². The third kappa shape index (κ3) is 6.77. The average molecular weight is 499 g/mol. The van der Waals surface area contributed by atoms with Gasteiger partial charge in [-0.05, 0) is 65.9 Å². The van der Waals surface area contributed by atoms with Gasteiger partial charge in [-0.25, -0.2) is 0 Å². The molecule has 3 aromatic rings. The summed E-state index contributed by atoms with van der Waals surface area (Å²) in [5, 5.41) is 20.5. The summed E-state index contributed by atoms with van der Waals surface area (Å²) in [4.78, 5) is 1.13. The van der Waals surface area contributed by atoms with Gasteiger partial charge in [-0.2, -0.15) is 0 Å². The number of ether oxygens (including phenoxy) is 2. The van der Waals surface area contributed by atoms with Crippen LogP contribution < -0.4 is 4.74 Å². The minimum Gasteiger partial charge on any atom is -0.494 e. The van der Waals surface area contributed by atoms with Gasteiger partial charge < -0.3 is 19.7 Å². The predicted molar refractivity (Wildman–Crippen MR) is 138 cm³/mol. The zero-order chi connectivity index (χ0) is 23.9. The van der Waals surface area contributed by atoms with Gasteiger partial charge in [-0.1, -0.05) is 48.0 Å². The minimum atomic E-state index is -0.397. The maximum absolute atomic E-state index is 10.6. The normalized spacial score (nSPS) is 20.3. The van der Waals surface area contributed by atoms with Crippen molar-refractivity contribution in [3.63, 3.8) is 0 Å². The van der Waals surface area contributed by atoms with E-state index in [0.29, 0.717) is 19.4 Å². The fourth-order valence-corrected chi connectivity index (χ4v) is 5.32. The first kappa shape index (κ1) is 25.1. The van der Waals surface area contributed by atoms with Crippen LogP contribution in [0.2, 0.25) is 5.02 Å². The number of hydrogen-bond donors (Lipinski definition) is 2. The van der Waals surface area contributed by atoms with Crippen molar-refractivity contribution in [2.45, 2.75) is 56.0 Å². The summed E-state index contributed by atoms with van der Waals surface area (Å²) in [5.74, 6) is 1.63. The second-order valence-electron chi connectivity index (χ2n) is 8.59. The number of aliphatic hydroxyl groups excluding tert-OH is 2. The zero-order valence-corrected chi connectivity index (χ0v) is 20.9. The lowest BCUT2D eigenvalue weighted by molar-refractivity contribution is -0.0875. The first-order valence-electron chi connectivity index (χ1n) is 11.7. The first-order chi connectivity index (χ1) is 16.5. The van der Waals surface area contributed by atoms with E-state index in [1.807, 2.05) is 55.5 Å². The van der Waals surface area contributed by atoms with Crippen LogP contribution in [-0.4, -0.2) is 34.8 Å². The molecular formula is C28H31ClO4S. The molecule has 1 heterocycles. The maximum atomic E-state index is 10.6. The molecule has 2 N–H and O–H groups in total. The molecule has 0 spiro atoms. The molecule has 1 aliphatic heterocycles. The summed E-state index contributed by atoms with van der Waals surface area (Å²) in [6.07, 6.45) is 1.33. The van der Waals surface area contributed by atoms with E-state index in [9.17, 15) is 10.2 Å². The molecule has 1 fully saturated rings. The Hall–Kier alpha value is -2.02. The van der Waals surface area contributed by atoms with Gasteiger partial charge in [0.25, 0.3) is 0 Å². The molecule has 0 saturated carbocycles. The van der Waals surface area contributed by atoms with Gasteiger partial charge in [-0.3, -0.25) is 0 Å². The highest BCUT2D eigenvalue weighted by Crippen LogP contribution is 2.35. The maximum Gasteiger partial charge on any atom is 0.119 e. The van der Waals surface area contributed by atoms with Crippen LogP contribution in [0, 0.1) is 0 Å². The molecule has 180 valence electrons. The molecule has 0 bridgehead atoms. The van der Waals surface area contributed by atoms with Gasteiger partial charge in [0.05, 0.1) is 31.5 Å². The molecular weight excluding hydrogens is 468 g/mol. The fraction of sp³-hybridized carbons (Fsp3) is 0.357. The Labute approximate surface area is 210 Å². The SMILES string of the molecule is CCOc1ccc(Cc2cc(C3CC(O)CC(CSc4ccc(CO)cc4)O3)ccc2Cl)cc1. The Kier molecular flexibility index (Phi) is 8.92. The lowest BCUT2D eigenvalue weighted by Crippen LogP contribution is -2.32. The number of halogens is 1. The zero-order valence-electron chi connectivity index (χ0n) is 19.3. The van der Waals surface area contributed by atoms with Crippen molar-refractivity contribution in [2.75, 3.05) is 12.4 Å². The predicted octanol–water partition coefficient (Wildman–Crippen LogP) is 6.20. The molecule has 3 unspecified atom stereocenters. The van der Waals surface area contributed by atoms with E-state index < -0.39 is 6.10 Å². The molecule has 1 saturated heterocycles. The Morgan fingerprint density at radius 3 is 2.44 bits per heavy atom. The molecule has 0 radical (unpaired) electrons. The highest BCUT2D eigenvalue weighted by Gasteiger charge is 2.29. The summed E-state index contributed by atoms with van der Waals surface area (Å²) in [6.45, 7) is 2.67. The van der Waals surface area contributed by atoms with E-state index in [-0.39, 0.29) is 18.8 Å². The Bertz CT molecular complexity index is 1060. The van der Waals surface area contributed by atoms with E-state index >= 15 is 0 Å². The van der Waals surface area contributed by atoms with Gasteiger partial charge in [0.1, 0.15) is 5.75 Å². The van der Waals surface area contributed by atoms with Gasteiger partial charge in [0, 0.05) is 28.5 Å². The third-order valence-electron chi connectivity index (χ3n) is 5.99. The van der Waals surface area contributed by atoms with Crippen molar-refractivity contribution in [1.82, 2.24) is 0 Å². The Morgan fingerprint density at radius 1 is 1.00 bits per heavy atom. The number of thioether (sulfide) groups is 1. The van der Waals surface area contributed by atoms with Crippen molar-refractivity contribution in [2.24, 2.45) is 0 Å². The second-order valence-corrected chi connectivity index (χ2v) is 10.1. The number of benzene rings is 3. The monoisotopic (exact) mass is 498 g/mol. The highest BCUT2D eigenvalue weighted by atomic mass is 35.5. The van der Waals surface area contributed by atoms with E-state index in [2.05, 4.69) is 18.2 Å². The summed E-state index contributed by atoms with van der Waals surface area (Å²) in [6, 6.07) is 22.0. The number of rotatable bonds is 9. The van der Waals surface area contributed by atoms with Gasteiger partial charge in [0.2, 0.25) is 0 Å². The van der Waals surface area contributed by atoms with Gasteiger partial charge in [0.15, 0.2) is 0 Å². The number of hydrogen-bond acceptors (Lipinski definition) is 5. The molecule has 4 nitrogen and oxygen atoms in total. The largest absolute Gasteiger partial charge is 0.494 e. The van der Waals surface area contributed by atoms with Crippen molar-refractivity contribution in [1.29, 1.82) is 0 Å². The molecule has 3 aromatic carbocycles. The van der Waals surface area contributed by atoms with Crippen LogP contribution in [-0.2, 0) is 17.8 Å². The Morgan fingerprint density at radius 2 is 1.74 bits per heavy atom. The van der Waals surface area contributed by atoms with Crippen LogP contribution in [0.4, 0.5) is 0 Å². The molecule has 0 aromatic heterocycles. The molecule has 3 atom stereocenters. The van der Waals surface area contributed by atoms with Crippen LogP contribution in [0.5, 0.6) is 5.75 Å². The summed E-state index contributed by atoms with van der Waals surface area (Å²) in [5.41, 5.74) is 4.15. The van der Waals surface area contributed by atoms with Crippen molar-refractivity contribution in [3.8, 4) is 5.75 Å². The number of aliphatic hydroxyl groups is 2. The lowest BCUT2D eigenvalue weighted by atomic mass is 9.94. The standard InChI is InChI=1S/C28H31ClO4S/c1-2-32-24-8-3-19(4-9-24)13-22-14-21(7-12-27(22)29)28-16-23(31)15-25(33-28)18-34-26-10-5-20(17-30)6-11-26/h3-12,14,23,25,28,30-31H,2,13,15-18H2,1H3. The van der Waals surface area contributed by atoms with Crippen molar-refractivity contribution >= 4 is 23.4 Å². The van der Waals surface area contributed by atoms with Crippen molar-refractivity contribution < 1.29 is 19.7 Å². The molecule has 34 heavy (non-hydrogen) atoms. The van der Waals surface area contributed by atoms with Gasteiger partial charge >= 0.3 is 0 Å². The molecule has 6 heteroatoms. The quantitative estimate of drug-likeness (QED) is 0.344. The molecule has 0 amide bonds. The second kappa shape index (κ2) is 12.1. The molecule has 0 aliphatic carbocycles. The summed E-state index contributed by atoms with van der Waals surface area (Å²) < 4.78 is 12.0. The van der Waals surface area contributed by atoms with Crippen LogP contribution in [0.15, 0.2) is 71.6 Å². The van der Waals surface area contributed by atoms with E-state index in [4.69, 9.17) is 21.1 Å². The van der Waals surface area contributed by atoms with E-state index in [0.717, 1.165) is 50.1 Å². The summed E-state index contributed by atoms with van der Waals surface area (Å²) >= 11 is 8.24. The third-order valence-corrected chi connectivity index (χ3v) is 7.50. The van der Waals surface area contributed by atoms with E-state index in [1.54, 1.807) is 11.8 Å². The minimum absolute atomic E-state index is 0.0403. The lowest BCUT2D eigenvalue weighted by Gasteiger charge is -2.33. The van der Waals surface area contributed by atoms with Crippen LogP contribution in [0.25, 0.3) is 0 Å². The highest BCUT2D eigenvalue weighted by molar-refractivity contribution is 7.99. The fourth-order valence-electron chi connectivity index (χ4n) is 4.21. The van der Waals surface area contributed by atoms with Crippen LogP contribution >= 0.6 is 23.4 Å². The average Bonchev–Trinajstić information content (AvgIpc) is 2.85. The smallest absolute Gasteiger partial charge is 0.119 e. The van der Waals surface area contributed by atoms with Crippen molar-refractivity contribution in [3.05, 3.63) is 94.0 Å². The molecule has 1 aliphatic rings. The first-order valence-corrected chi connectivity index (χ1v) is 13.1. The topological polar surface area (TPSA) is 58.9 Å². The van der Waals surface area contributed by atoms with Crippen LogP contribution in [0.1, 0.15) is 48.1 Å². The Balaban J connectivity index is 1.41. The van der Waals surface area contributed by atoms with Crippen LogP contribution in [0.3, 0.4) is 0 Å².